The van der Waals surface area contributed by atoms with Crippen LogP contribution in [-0.2, 0) is 6.42 Å². The first-order valence-electron chi connectivity index (χ1n) is 6.99. The van der Waals surface area contributed by atoms with Gasteiger partial charge in [-0.25, -0.2) is 0 Å². The van der Waals surface area contributed by atoms with Gasteiger partial charge in [-0.15, -0.1) is 0 Å². The summed E-state index contributed by atoms with van der Waals surface area (Å²) in [5.74, 6) is 0.537. The third kappa shape index (κ3) is 3.40. The monoisotopic (exact) mass is 260 g/mol. The third-order valence-electron chi connectivity index (χ3n) is 3.41. The van der Waals surface area contributed by atoms with Gasteiger partial charge in [0.25, 0.3) is 0 Å². The van der Waals surface area contributed by atoms with Crippen molar-refractivity contribution in [1.82, 2.24) is 5.32 Å². The van der Waals surface area contributed by atoms with Gasteiger partial charge in [-0.05, 0) is 38.8 Å². The number of anilines is 1. The number of aliphatic imine (C=N–C) groups is 1. The number of nitrogens with two attached hydrogens (primary N) is 1. The van der Waals surface area contributed by atoms with Crippen molar-refractivity contribution in [2.75, 3.05) is 18.0 Å². The molecule has 0 saturated carbocycles. The molecule has 0 bridgehead atoms. The highest BCUT2D eigenvalue weighted by Gasteiger charge is 2.24. The minimum Gasteiger partial charge on any atom is -0.370 e. The van der Waals surface area contributed by atoms with E-state index >= 15 is 0 Å². The molecule has 0 saturated heterocycles. The lowest BCUT2D eigenvalue weighted by Crippen LogP contribution is -2.38. The number of para-hydroxylation sites is 1. The smallest absolute Gasteiger partial charge is 0.188 e. The third-order valence-corrected chi connectivity index (χ3v) is 3.41. The van der Waals surface area contributed by atoms with E-state index in [4.69, 9.17) is 5.73 Å². The molecule has 1 aliphatic rings. The zero-order valence-corrected chi connectivity index (χ0v) is 12.1. The Labute approximate surface area is 115 Å². The minimum absolute atomic E-state index is 0.329. The van der Waals surface area contributed by atoms with Crippen LogP contribution in [0.5, 0.6) is 0 Å². The van der Waals surface area contributed by atoms with Crippen molar-refractivity contribution in [3.63, 3.8) is 0 Å². The summed E-state index contributed by atoms with van der Waals surface area (Å²) >= 11 is 0. The Morgan fingerprint density at radius 2 is 2.21 bits per heavy atom. The van der Waals surface area contributed by atoms with E-state index < -0.39 is 0 Å². The average Bonchev–Trinajstić information content (AvgIpc) is 2.65. The molecule has 1 aliphatic heterocycles. The molecule has 0 aliphatic carbocycles. The number of benzene rings is 1. The lowest BCUT2D eigenvalue weighted by molar-refractivity contribution is 0.670. The van der Waals surface area contributed by atoms with Crippen LogP contribution in [0, 0.1) is 0 Å². The highest BCUT2D eigenvalue weighted by molar-refractivity contribution is 5.78. The molecule has 19 heavy (non-hydrogen) atoms. The number of fused-ring (bicyclic) bond motifs is 1. The molecule has 4 nitrogen and oxygen atoms in total. The van der Waals surface area contributed by atoms with E-state index in [0.29, 0.717) is 18.0 Å². The maximum Gasteiger partial charge on any atom is 0.188 e. The van der Waals surface area contributed by atoms with Gasteiger partial charge >= 0.3 is 0 Å². The number of rotatable bonds is 4. The normalized spacial score (nSPS) is 18.8. The molecule has 1 aromatic carbocycles. The van der Waals surface area contributed by atoms with Gasteiger partial charge in [-0.2, -0.15) is 0 Å². The Kier molecular flexibility index (Phi) is 4.30. The van der Waals surface area contributed by atoms with Gasteiger partial charge in [0.2, 0.25) is 0 Å². The van der Waals surface area contributed by atoms with Gasteiger partial charge in [0.15, 0.2) is 5.96 Å². The molecule has 104 valence electrons. The second-order valence-corrected chi connectivity index (χ2v) is 5.44. The van der Waals surface area contributed by atoms with E-state index in [1.54, 1.807) is 0 Å². The predicted molar refractivity (Wildman–Crippen MR) is 81.7 cm³/mol. The zero-order chi connectivity index (χ0) is 13.8. The van der Waals surface area contributed by atoms with Crippen molar-refractivity contribution in [2.45, 2.75) is 39.3 Å². The molecule has 0 radical (unpaired) electrons. The first kappa shape index (κ1) is 13.7. The van der Waals surface area contributed by atoms with Crippen LogP contribution < -0.4 is 16.0 Å². The quantitative estimate of drug-likeness (QED) is 0.640. The van der Waals surface area contributed by atoms with Gasteiger partial charge in [0.1, 0.15) is 0 Å². The molecule has 0 fully saturated rings. The Balaban J connectivity index is 1.93. The lowest BCUT2D eigenvalue weighted by Gasteiger charge is -2.24. The summed E-state index contributed by atoms with van der Waals surface area (Å²) < 4.78 is 0. The molecule has 1 heterocycles. The first-order valence-corrected chi connectivity index (χ1v) is 6.99. The van der Waals surface area contributed by atoms with Gasteiger partial charge in [-0.3, -0.25) is 4.99 Å². The van der Waals surface area contributed by atoms with Crippen LogP contribution >= 0.6 is 0 Å². The number of hydrogen-bond donors (Lipinski definition) is 2. The fraction of sp³-hybridized carbons (Fsp3) is 0.533. The van der Waals surface area contributed by atoms with E-state index in [2.05, 4.69) is 60.2 Å². The Morgan fingerprint density at radius 3 is 2.95 bits per heavy atom. The SMILES string of the molecule is CC(C)NC(N)=NCCN1c2ccccc2CC1C. The summed E-state index contributed by atoms with van der Waals surface area (Å²) in [5.41, 5.74) is 8.59. The fourth-order valence-corrected chi connectivity index (χ4v) is 2.59. The molecule has 3 N–H and O–H groups in total. The highest BCUT2D eigenvalue weighted by Crippen LogP contribution is 2.31. The zero-order valence-electron chi connectivity index (χ0n) is 12.1. The number of nitrogens with one attached hydrogen (secondary N) is 1. The lowest BCUT2D eigenvalue weighted by atomic mass is 10.1. The second-order valence-electron chi connectivity index (χ2n) is 5.44. The highest BCUT2D eigenvalue weighted by atomic mass is 15.2. The standard InChI is InChI=1S/C15H24N4/c1-11(2)18-15(16)17-8-9-19-12(3)10-13-6-4-5-7-14(13)19/h4-7,11-12H,8-10H2,1-3H3,(H3,16,17,18). The van der Waals surface area contributed by atoms with E-state index in [-0.39, 0.29) is 0 Å². The summed E-state index contributed by atoms with van der Waals surface area (Å²) in [6.07, 6.45) is 1.12. The Bertz CT molecular complexity index is 453. The molecule has 1 unspecified atom stereocenters. The van der Waals surface area contributed by atoms with E-state index in [1.807, 2.05) is 0 Å². The van der Waals surface area contributed by atoms with Crippen molar-refractivity contribution in [2.24, 2.45) is 10.7 Å². The van der Waals surface area contributed by atoms with Crippen LogP contribution in [0.3, 0.4) is 0 Å². The summed E-state index contributed by atoms with van der Waals surface area (Å²) in [7, 11) is 0. The van der Waals surface area contributed by atoms with Crippen molar-refractivity contribution in [3.05, 3.63) is 29.8 Å². The van der Waals surface area contributed by atoms with Crippen LogP contribution in [0.4, 0.5) is 5.69 Å². The van der Waals surface area contributed by atoms with Crippen molar-refractivity contribution in [3.8, 4) is 0 Å². The molecule has 0 amide bonds. The van der Waals surface area contributed by atoms with E-state index in [9.17, 15) is 0 Å². The number of hydrogen-bond acceptors (Lipinski definition) is 2. The van der Waals surface area contributed by atoms with Crippen LogP contribution in [0.2, 0.25) is 0 Å². The van der Waals surface area contributed by atoms with Gasteiger partial charge in [-0.1, -0.05) is 18.2 Å². The first-order chi connectivity index (χ1) is 9.08. The largest absolute Gasteiger partial charge is 0.370 e. The Morgan fingerprint density at radius 1 is 1.47 bits per heavy atom. The number of guanidine groups is 1. The summed E-state index contributed by atoms with van der Waals surface area (Å²) in [6, 6.07) is 9.49. The minimum atomic E-state index is 0.329. The van der Waals surface area contributed by atoms with E-state index in [1.165, 1.54) is 11.3 Å². The fourth-order valence-electron chi connectivity index (χ4n) is 2.59. The van der Waals surface area contributed by atoms with Crippen molar-refractivity contribution in [1.29, 1.82) is 0 Å². The summed E-state index contributed by atoms with van der Waals surface area (Å²) in [5, 5.41) is 3.11. The molecule has 1 aromatic rings. The van der Waals surface area contributed by atoms with Gasteiger partial charge in [0, 0.05) is 24.3 Å². The van der Waals surface area contributed by atoms with Crippen LogP contribution in [0.1, 0.15) is 26.3 Å². The molecule has 0 aromatic heterocycles. The van der Waals surface area contributed by atoms with Crippen molar-refractivity contribution >= 4 is 11.6 Å². The van der Waals surface area contributed by atoms with Crippen molar-refractivity contribution < 1.29 is 0 Å². The van der Waals surface area contributed by atoms with E-state index in [0.717, 1.165) is 19.5 Å². The van der Waals surface area contributed by atoms with Crippen LogP contribution in [0.15, 0.2) is 29.3 Å². The molecular formula is C15H24N4. The molecular weight excluding hydrogens is 236 g/mol. The molecule has 2 rings (SSSR count). The summed E-state index contributed by atoms with van der Waals surface area (Å²) in [4.78, 5) is 6.79. The topological polar surface area (TPSA) is 53.6 Å². The second kappa shape index (κ2) is 5.95. The molecule has 1 atom stereocenters. The predicted octanol–water partition coefficient (Wildman–Crippen LogP) is 1.75. The Hall–Kier alpha value is -1.71. The van der Waals surface area contributed by atoms with Crippen LogP contribution in [0.25, 0.3) is 0 Å². The molecule has 4 heteroatoms. The van der Waals surface area contributed by atoms with Crippen LogP contribution in [-0.4, -0.2) is 31.1 Å². The number of nitrogens with zero attached hydrogens (tertiary/aromatic N) is 2. The van der Waals surface area contributed by atoms with Gasteiger partial charge < -0.3 is 16.0 Å². The molecule has 0 spiro atoms. The summed E-state index contributed by atoms with van der Waals surface area (Å²) in [6.45, 7) is 8.02. The maximum atomic E-state index is 5.81. The maximum absolute atomic E-state index is 5.81. The average molecular weight is 260 g/mol. The van der Waals surface area contributed by atoms with Gasteiger partial charge in [0.05, 0.1) is 6.54 Å².